The van der Waals surface area contributed by atoms with E-state index in [1.54, 1.807) is 0 Å². The molecule has 0 radical (unpaired) electrons. The van der Waals surface area contributed by atoms with Crippen molar-refractivity contribution in [1.29, 1.82) is 5.26 Å². The van der Waals surface area contributed by atoms with Gasteiger partial charge in [-0.15, -0.1) is 0 Å². The van der Waals surface area contributed by atoms with Crippen molar-refractivity contribution >= 4 is 11.9 Å². The minimum Gasteiger partial charge on any atom is -0.451 e. The van der Waals surface area contributed by atoms with Crippen LogP contribution in [0.4, 0.5) is 0 Å². The molecule has 0 aromatic heterocycles. The maximum Gasteiger partial charge on any atom is 0.352 e. The molecule has 4 aliphatic rings. The molecule has 34 heavy (non-hydrogen) atoms. The molecule has 2 saturated carbocycles. The summed E-state index contributed by atoms with van der Waals surface area (Å²) >= 11 is 0. The molecule has 0 spiro atoms. The molecule has 4 rings (SSSR count). The highest BCUT2D eigenvalue weighted by Gasteiger charge is 2.63. The van der Waals surface area contributed by atoms with Gasteiger partial charge in [0.15, 0.2) is 6.10 Å². The first-order valence-electron chi connectivity index (χ1n) is 12.6. The third-order valence-electron chi connectivity index (χ3n) is 10.1. The van der Waals surface area contributed by atoms with Gasteiger partial charge in [0.25, 0.3) is 0 Å². The standard InChI is InChI=1S/C28H39NO5/c1-16(33-17(2)30)24(31)34-23-18(15-29)14-26(5)20-10-12-27(6)21(11-13-28(27,7)32)19(20)8-9-22(26)25(23,3)4/h9,16,19-21,32H,8,10-14H2,1-7H3/t16?,19-,20+,21+,26-,27+,28+/m1/s1. The van der Waals surface area contributed by atoms with E-state index in [1.165, 1.54) is 19.4 Å². The zero-order chi connectivity index (χ0) is 25.3. The van der Waals surface area contributed by atoms with Crippen molar-refractivity contribution in [2.24, 2.45) is 34.0 Å². The van der Waals surface area contributed by atoms with Crippen LogP contribution in [0.2, 0.25) is 0 Å². The molecule has 2 fully saturated rings. The first-order valence-corrected chi connectivity index (χ1v) is 12.6. The number of fused-ring (bicyclic) bond motifs is 5. The Morgan fingerprint density at radius 2 is 1.79 bits per heavy atom. The Balaban J connectivity index is 1.69. The maximum absolute atomic E-state index is 12.7. The third kappa shape index (κ3) is 3.46. The molecule has 0 saturated heterocycles. The number of nitriles is 1. The van der Waals surface area contributed by atoms with Crippen molar-refractivity contribution in [3.8, 4) is 6.07 Å². The lowest BCUT2D eigenvalue weighted by molar-refractivity contribution is -0.163. The summed E-state index contributed by atoms with van der Waals surface area (Å²) in [7, 11) is 0. The van der Waals surface area contributed by atoms with Crippen LogP contribution in [-0.4, -0.2) is 28.8 Å². The van der Waals surface area contributed by atoms with E-state index in [-0.39, 0.29) is 10.8 Å². The van der Waals surface area contributed by atoms with E-state index in [0.717, 1.165) is 32.1 Å². The Morgan fingerprint density at radius 3 is 2.41 bits per heavy atom. The van der Waals surface area contributed by atoms with E-state index in [9.17, 15) is 20.0 Å². The fourth-order valence-electron chi connectivity index (χ4n) is 8.24. The molecule has 0 amide bonds. The number of aliphatic hydroxyl groups is 1. The van der Waals surface area contributed by atoms with Gasteiger partial charge in [-0.1, -0.05) is 25.5 Å². The summed E-state index contributed by atoms with van der Waals surface area (Å²) in [5.74, 6) is 0.531. The number of carbonyl (C=O) groups excluding carboxylic acids is 2. The zero-order valence-corrected chi connectivity index (χ0v) is 21.7. The predicted molar refractivity (Wildman–Crippen MR) is 127 cm³/mol. The van der Waals surface area contributed by atoms with Crippen molar-refractivity contribution in [2.45, 2.75) is 98.7 Å². The number of hydrogen-bond acceptors (Lipinski definition) is 6. The zero-order valence-electron chi connectivity index (χ0n) is 21.7. The minimum absolute atomic E-state index is 0.0680. The van der Waals surface area contributed by atoms with Crippen LogP contribution in [0.3, 0.4) is 0 Å². The van der Waals surface area contributed by atoms with Crippen LogP contribution in [0.15, 0.2) is 23.0 Å². The molecule has 186 valence electrons. The molecule has 7 atom stereocenters. The fourth-order valence-corrected chi connectivity index (χ4v) is 8.24. The Hall–Kier alpha value is -2.13. The van der Waals surface area contributed by atoms with Crippen LogP contribution in [0.1, 0.15) is 87.0 Å². The Kier molecular flexibility index (Phi) is 5.84. The summed E-state index contributed by atoms with van der Waals surface area (Å²) in [4.78, 5) is 24.0. The first-order chi connectivity index (χ1) is 15.7. The number of hydrogen-bond donors (Lipinski definition) is 1. The van der Waals surface area contributed by atoms with E-state index in [2.05, 4.69) is 26.0 Å². The topological polar surface area (TPSA) is 96.6 Å². The Labute approximate surface area is 203 Å². The van der Waals surface area contributed by atoms with Gasteiger partial charge in [-0.25, -0.2) is 4.79 Å². The van der Waals surface area contributed by atoms with Crippen molar-refractivity contribution < 1.29 is 24.2 Å². The molecule has 4 aliphatic carbocycles. The van der Waals surface area contributed by atoms with Crippen LogP contribution in [0.25, 0.3) is 0 Å². The fraction of sp³-hybridized carbons (Fsp3) is 0.750. The van der Waals surface area contributed by atoms with Gasteiger partial charge in [-0.05, 0) is 94.8 Å². The number of ether oxygens (including phenoxy) is 2. The van der Waals surface area contributed by atoms with Gasteiger partial charge < -0.3 is 14.6 Å². The summed E-state index contributed by atoms with van der Waals surface area (Å²) in [6.07, 6.45) is 6.68. The van der Waals surface area contributed by atoms with Gasteiger partial charge in [-0.2, -0.15) is 5.26 Å². The average Bonchev–Trinajstić information content (AvgIpc) is 2.98. The quantitative estimate of drug-likeness (QED) is 0.450. The van der Waals surface area contributed by atoms with Crippen LogP contribution >= 0.6 is 0 Å². The highest BCUT2D eigenvalue weighted by atomic mass is 16.6. The average molecular weight is 470 g/mol. The van der Waals surface area contributed by atoms with Gasteiger partial charge >= 0.3 is 11.9 Å². The van der Waals surface area contributed by atoms with Crippen molar-refractivity contribution in [3.05, 3.63) is 23.0 Å². The molecule has 6 heteroatoms. The highest BCUT2D eigenvalue weighted by molar-refractivity contribution is 5.79. The SMILES string of the molecule is CC(=O)OC(C)C(=O)OC1=C(C#N)C[C@@]2(C)C(=CC[C@@H]3[C@@H]2CC[C@@]2(C)[C@H]3CC[C@]2(C)O)C1(C)C. The molecule has 0 aromatic rings. The second kappa shape index (κ2) is 7.95. The number of allylic oxidation sites excluding steroid dienone is 3. The summed E-state index contributed by atoms with van der Waals surface area (Å²) in [5, 5.41) is 21.3. The Bertz CT molecular complexity index is 1010. The molecule has 0 bridgehead atoms. The molecule has 0 heterocycles. The number of carbonyl (C=O) groups is 2. The summed E-state index contributed by atoms with van der Waals surface area (Å²) in [6, 6.07) is 2.34. The second-order valence-electron chi connectivity index (χ2n) is 12.3. The third-order valence-corrected chi connectivity index (χ3v) is 10.1. The van der Waals surface area contributed by atoms with E-state index in [0.29, 0.717) is 35.5 Å². The van der Waals surface area contributed by atoms with E-state index >= 15 is 0 Å². The molecule has 6 nitrogen and oxygen atoms in total. The van der Waals surface area contributed by atoms with Crippen LogP contribution in [0.5, 0.6) is 0 Å². The van der Waals surface area contributed by atoms with Crippen molar-refractivity contribution in [2.75, 3.05) is 0 Å². The van der Waals surface area contributed by atoms with E-state index < -0.39 is 29.1 Å². The second-order valence-corrected chi connectivity index (χ2v) is 12.3. The summed E-state index contributed by atoms with van der Waals surface area (Å²) in [6.45, 7) is 13.4. The maximum atomic E-state index is 12.7. The molecule has 1 unspecified atom stereocenters. The lowest BCUT2D eigenvalue weighted by atomic mass is 9.44. The van der Waals surface area contributed by atoms with E-state index in [1.807, 2.05) is 20.8 Å². The summed E-state index contributed by atoms with van der Waals surface area (Å²) < 4.78 is 10.8. The monoisotopic (exact) mass is 469 g/mol. The first kappa shape index (κ1) is 25.0. The molecular formula is C28H39NO5. The van der Waals surface area contributed by atoms with Gasteiger partial charge in [0.1, 0.15) is 5.76 Å². The lowest BCUT2D eigenvalue weighted by Gasteiger charge is -2.60. The van der Waals surface area contributed by atoms with Gasteiger partial charge in [0, 0.05) is 12.3 Å². The Morgan fingerprint density at radius 1 is 1.15 bits per heavy atom. The van der Waals surface area contributed by atoms with Crippen LogP contribution in [0, 0.1) is 45.3 Å². The minimum atomic E-state index is -1.04. The van der Waals surface area contributed by atoms with Crippen molar-refractivity contribution in [3.63, 3.8) is 0 Å². The molecule has 0 aliphatic heterocycles. The largest absolute Gasteiger partial charge is 0.451 e. The number of nitrogens with zero attached hydrogens (tertiary/aromatic N) is 1. The number of rotatable bonds is 3. The lowest BCUT2D eigenvalue weighted by Crippen LogP contribution is -2.55. The van der Waals surface area contributed by atoms with E-state index in [4.69, 9.17) is 9.47 Å². The highest BCUT2D eigenvalue weighted by Crippen LogP contribution is 2.69. The smallest absolute Gasteiger partial charge is 0.352 e. The summed E-state index contributed by atoms with van der Waals surface area (Å²) in [5.41, 5.74) is 0.205. The van der Waals surface area contributed by atoms with Gasteiger partial charge in [-0.3, -0.25) is 4.79 Å². The van der Waals surface area contributed by atoms with Gasteiger partial charge in [0.2, 0.25) is 0 Å². The molecular weight excluding hydrogens is 430 g/mol. The molecule has 1 N–H and O–H groups in total. The normalized spacial score (nSPS) is 41.3. The number of esters is 2. The van der Waals surface area contributed by atoms with Crippen molar-refractivity contribution in [1.82, 2.24) is 0 Å². The predicted octanol–water partition coefficient (Wildman–Crippen LogP) is 5.22. The van der Waals surface area contributed by atoms with Gasteiger partial charge in [0.05, 0.1) is 17.2 Å². The molecule has 0 aromatic carbocycles. The van der Waals surface area contributed by atoms with Crippen LogP contribution in [-0.2, 0) is 19.1 Å². The van der Waals surface area contributed by atoms with Crippen LogP contribution < -0.4 is 0 Å².